The molecule has 6 nitrogen and oxygen atoms in total. The first-order valence-electron chi connectivity index (χ1n) is 8.33. The Morgan fingerprint density at radius 3 is 2.71 bits per heavy atom. The van der Waals surface area contributed by atoms with E-state index in [9.17, 15) is 22.4 Å². The molecule has 4 rings (SSSR count). The zero-order valence-corrected chi connectivity index (χ0v) is 14.3. The van der Waals surface area contributed by atoms with Crippen LogP contribution in [-0.2, 0) is 19.1 Å². The molecule has 0 fully saturated rings. The summed E-state index contributed by atoms with van der Waals surface area (Å²) < 4.78 is 53.1. The number of carbonyl (C=O) groups excluding carboxylic acids is 1. The number of nitrogens with zero attached hydrogens (tertiary/aromatic N) is 4. The summed E-state index contributed by atoms with van der Waals surface area (Å²) in [5.74, 6) is -2.37. The number of carbonyl (C=O) groups is 1. The average molecular weight is 391 g/mol. The molecule has 1 aromatic carbocycles. The Bertz CT molecular complexity index is 1030. The first kappa shape index (κ1) is 18.1. The van der Waals surface area contributed by atoms with Crippen LogP contribution >= 0.6 is 0 Å². The lowest BCUT2D eigenvalue weighted by molar-refractivity contribution is -0.140. The molecule has 1 amide bonds. The van der Waals surface area contributed by atoms with Crippen LogP contribution in [0.25, 0.3) is 11.4 Å². The molecule has 3 heterocycles. The number of amides is 1. The first-order valence-corrected chi connectivity index (χ1v) is 8.33. The molecule has 0 bridgehead atoms. The molecule has 28 heavy (non-hydrogen) atoms. The van der Waals surface area contributed by atoms with Crippen molar-refractivity contribution in [3.05, 3.63) is 65.0 Å². The van der Waals surface area contributed by atoms with E-state index in [1.807, 2.05) is 0 Å². The summed E-state index contributed by atoms with van der Waals surface area (Å²) in [5.41, 5.74) is 0.662. The monoisotopic (exact) mass is 391 g/mol. The number of nitrogens with one attached hydrogen (secondary N) is 1. The molecule has 0 aliphatic carbocycles. The lowest BCUT2D eigenvalue weighted by atomic mass is 10.00. The van der Waals surface area contributed by atoms with E-state index in [2.05, 4.69) is 20.2 Å². The summed E-state index contributed by atoms with van der Waals surface area (Å²) in [6.07, 6.45) is -1.56. The number of H-pyrrole nitrogens is 1. The summed E-state index contributed by atoms with van der Waals surface area (Å²) in [5, 5.41) is 6.70. The number of hydrogen-bond donors (Lipinski definition) is 1. The number of fused-ring (bicyclic) bond motifs is 1. The molecular weight excluding hydrogens is 378 g/mol. The summed E-state index contributed by atoms with van der Waals surface area (Å²) in [6.45, 7) is 0.254. The van der Waals surface area contributed by atoms with Gasteiger partial charge in [0, 0.05) is 18.3 Å². The van der Waals surface area contributed by atoms with E-state index in [1.165, 1.54) is 11.2 Å². The predicted octanol–water partition coefficient (Wildman–Crippen LogP) is 3.22. The molecule has 1 N–H and O–H groups in total. The zero-order chi connectivity index (χ0) is 19.9. The number of halogens is 4. The van der Waals surface area contributed by atoms with Crippen molar-refractivity contribution in [3.63, 3.8) is 0 Å². The van der Waals surface area contributed by atoms with Crippen molar-refractivity contribution in [2.45, 2.75) is 19.1 Å². The Balaban J connectivity index is 1.64. The van der Waals surface area contributed by atoms with E-state index in [1.54, 1.807) is 12.3 Å². The van der Waals surface area contributed by atoms with Crippen molar-refractivity contribution >= 4 is 5.91 Å². The molecule has 10 heteroatoms. The van der Waals surface area contributed by atoms with Gasteiger partial charge in [-0.3, -0.25) is 9.89 Å². The number of benzene rings is 1. The van der Waals surface area contributed by atoms with E-state index in [0.29, 0.717) is 29.6 Å². The summed E-state index contributed by atoms with van der Waals surface area (Å²) in [7, 11) is 0. The van der Waals surface area contributed by atoms with Gasteiger partial charge in [-0.15, -0.1) is 0 Å². The largest absolute Gasteiger partial charge is 0.419 e. The number of hydrogen-bond acceptors (Lipinski definition) is 4. The van der Waals surface area contributed by atoms with Crippen LogP contribution in [0.3, 0.4) is 0 Å². The molecule has 144 valence electrons. The zero-order valence-electron chi connectivity index (χ0n) is 14.3. The molecule has 2 aromatic heterocycles. The number of aromatic amines is 1. The van der Waals surface area contributed by atoms with E-state index < -0.39 is 29.0 Å². The Labute approximate surface area is 156 Å². The van der Waals surface area contributed by atoms with Crippen LogP contribution in [0.5, 0.6) is 0 Å². The quantitative estimate of drug-likeness (QED) is 0.681. The third-order valence-electron chi connectivity index (χ3n) is 4.58. The third kappa shape index (κ3) is 3.10. The molecule has 1 aliphatic rings. The molecule has 3 aromatic rings. The van der Waals surface area contributed by atoms with Gasteiger partial charge in [-0.1, -0.05) is 6.07 Å². The Hall–Kier alpha value is -3.30. The van der Waals surface area contributed by atoms with Gasteiger partial charge in [0.15, 0.2) is 0 Å². The van der Waals surface area contributed by atoms with Crippen LogP contribution < -0.4 is 0 Å². The highest BCUT2D eigenvalue weighted by atomic mass is 19.4. The molecule has 1 aliphatic heterocycles. The lowest BCUT2D eigenvalue weighted by Gasteiger charge is -2.29. The maximum Gasteiger partial charge on any atom is 0.419 e. The van der Waals surface area contributed by atoms with Gasteiger partial charge in [-0.2, -0.15) is 18.3 Å². The summed E-state index contributed by atoms with van der Waals surface area (Å²) >= 11 is 0. The van der Waals surface area contributed by atoms with E-state index in [4.69, 9.17) is 0 Å². The van der Waals surface area contributed by atoms with Gasteiger partial charge in [-0.05, 0) is 24.6 Å². The van der Waals surface area contributed by atoms with Gasteiger partial charge in [0.05, 0.1) is 34.8 Å². The van der Waals surface area contributed by atoms with Crippen LogP contribution in [0.2, 0.25) is 0 Å². The minimum Gasteiger partial charge on any atom is -0.332 e. The van der Waals surface area contributed by atoms with E-state index in [-0.39, 0.29) is 13.1 Å². The maximum absolute atomic E-state index is 14.3. The van der Waals surface area contributed by atoms with Gasteiger partial charge in [0.25, 0.3) is 5.91 Å². The molecule has 0 spiro atoms. The Kier molecular flexibility index (Phi) is 4.33. The van der Waals surface area contributed by atoms with Gasteiger partial charge in [-0.25, -0.2) is 14.4 Å². The molecule has 0 saturated heterocycles. The molecule has 0 radical (unpaired) electrons. The first-order chi connectivity index (χ1) is 13.4. The van der Waals surface area contributed by atoms with E-state index >= 15 is 0 Å². The van der Waals surface area contributed by atoms with Crippen molar-refractivity contribution in [2.75, 3.05) is 6.54 Å². The average Bonchev–Trinajstić information content (AvgIpc) is 3.20. The number of alkyl halides is 3. The third-order valence-corrected chi connectivity index (χ3v) is 4.58. The second-order valence-corrected chi connectivity index (χ2v) is 6.26. The second kappa shape index (κ2) is 6.70. The van der Waals surface area contributed by atoms with Gasteiger partial charge in [0.2, 0.25) is 0 Å². The highest BCUT2D eigenvalue weighted by Crippen LogP contribution is 2.33. The second-order valence-electron chi connectivity index (χ2n) is 6.26. The van der Waals surface area contributed by atoms with Crippen molar-refractivity contribution in [3.8, 4) is 11.4 Å². The van der Waals surface area contributed by atoms with Crippen molar-refractivity contribution in [2.24, 2.45) is 0 Å². The number of rotatable bonds is 2. The van der Waals surface area contributed by atoms with Crippen molar-refractivity contribution in [1.29, 1.82) is 0 Å². The van der Waals surface area contributed by atoms with Crippen molar-refractivity contribution < 1.29 is 22.4 Å². The van der Waals surface area contributed by atoms with Crippen LogP contribution in [0.4, 0.5) is 17.6 Å². The lowest BCUT2D eigenvalue weighted by Crippen LogP contribution is -2.37. The van der Waals surface area contributed by atoms with Crippen LogP contribution in [0.1, 0.15) is 27.2 Å². The fraction of sp³-hybridized carbons (Fsp3) is 0.222. The highest BCUT2D eigenvalue weighted by Gasteiger charge is 2.36. The van der Waals surface area contributed by atoms with Crippen LogP contribution in [-0.4, -0.2) is 37.5 Å². The highest BCUT2D eigenvalue weighted by molar-refractivity contribution is 5.95. The fourth-order valence-corrected chi connectivity index (χ4v) is 3.23. The summed E-state index contributed by atoms with van der Waals surface area (Å²) in [4.78, 5) is 22.4. The normalized spacial score (nSPS) is 14.1. The fourth-order valence-electron chi connectivity index (χ4n) is 3.23. The molecule has 0 atom stereocenters. The SMILES string of the molecule is O=C(c1cccc(C(F)(F)F)c1F)N1CCc2c(ncnc2-c2ccn[nH]2)C1. The Morgan fingerprint density at radius 1 is 1.18 bits per heavy atom. The molecule has 0 unspecified atom stereocenters. The van der Waals surface area contributed by atoms with Crippen LogP contribution in [0, 0.1) is 5.82 Å². The smallest absolute Gasteiger partial charge is 0.332 e. The van der Waals surface area contributed by atoms with E-state index in [0.717, 1.165) is 17.7 Å². The topological polar surface area (TPSA) is 74.8 Å². The van der Waals surface area contributed by atoms with Crippen molar-refractivity contribution in [1.82, 2.24) is 25.1 Å². The minimum atomic E-state index is -4.87. The minimum absolute atomic E-state index is 0.0491. The summed E-state index contributed by atoms with van der Waals surface area (Å²) in [6, 6.07) is 4.44. The predicted molar refractivity (Wildman–Crippen MR) is 89.5 cm³/mol. The van der Waals surface area contributed by atoms with Gasteiger partial charge in [0.1, 0.15) is 12.1 Å². The van der Waals surface area contributed by atoms with Crippen LogP contribution in [0.15, 0.2) is 36.8 Å². The standard InChI is InChI=1S/C18H13F4N5O/c19-15-11(2-1-3-12(15)18(20,21)22)17(28)27-7-5-10-14(8-27)23-9-24-16(10)13-4-6-25-26-13/h1-4,6,9H,5,7-8H2,(H,25,26). The van der Waals surface area contributed by atoms with Gasteiger partial charge >= 0.3 is 6.18 Å². The molecular formula is C18H13F4N5O. The maximum atomic E-state index is 14.3. The number of aromatic nitrogens is 4. The Morgan fingerprint density at radius 2 is 2.00 bits per heavy atom. The van der Waals surface area contributed by atoms with Gasteiger partial charge < -0.3 is 4.90 Å². The molecule has 0 saturated carbocycles.